The van der Waals surface area contributed by atoms with E-state index >= 15 is 0 Å². The van der Waals surface area contributed by atoms with Crippen LogP contribution in [0.2, 0.25) is 0 Å². The number of halogens is 2. The third-order valence-electron chi connectivity index (χ3n) is 5.61. The summed E-state index contributed by atoms with van der Waals surface area (Å²) in [5.74, 6) is -0.618. The molecule has 0 heterocycles. The van der Waals surface area contributed by atoms with Gasteiger partial charge in [-0.1, -0.05) is 58.4 Å². The number of rotatable bonds is 8. The monoisotopic (exact) mass is 637 g/mol. The molecule has 2 amide bonds. The molecule has 0 aliphatic heterocycles. The van der Waals surface area contributed by atoms with Crippen LogP contribution in [-0.4, -0.2) is 24.6 Å². The predicted molar refractivity (Wildman–Crippen MR) is 157 cm³/mol. The van der Waals surface area contributed by atoms with Crippen molar-refractivity contribution < 1.29 is 19.1 Å². The van der Waals surface area contributed by atoms with Crippen LogP contribution in [0.1, 0.15) is 23.6 Å². The summed E-state index contributed by atoms with van der Waals surface area (Å²) < 4.78 is 13.5. The molecule has 4 aromatic rings. The summed E-state index contributed by atoms with van der Waals surface area (Å²) in [5.41, 5.74) is 5.31. The minimum atomic E-state index is -0.886. The summed E-state index contributed by atoms with van der Waals surface area (Å²) >= 11 is 6.93. The Balaban J connectivity index is 1.44. The van der Waals surface area contributed by atoms with Gasteiger partial charge in [0.15, 0.2) is 11.5 Å². The van der Waals surface area contributed by atoms with Gasteiger partial charge < -0.3 is 14.8 Å². The SMILES string of the molecule is CCOc1cc(C=NNC(=O)C(=O)Nc2ccc(Br)cc2C)cc(Br)c1OCc1cccc2ccccc12. The minimum Gasteiger partial charge on any atom is -0.490 e. The summed E-state index contributed by atoms with van der Waals surface area (Å²) in [5, 5.41) is 8.78. The largest absolute Gasteiger partial charge is 0.490 e. The third kappa shape index (κ3) is 6.79. The summed E-state index contributed by atoms with van der Waals surface area (Å²) in [7, 11) is 0. The number of carbonyl (C=O) groups is 2. The fourth-order valence-corrected chi connectivity index (χ4v) is 4.85. The van der Waals surface area contributed by atoms with E-state index in [9.17, 15) is 9.59 Å². The van der Waals surface area contributed by atoms with Crippen molar-refractivity contribution in [2.24, 2.45) is 5.10 Å². The highest BCUT2D eigenvalue weighted by Crippen LogP contribution is 2.37. The molecule has 0 saturated carbocycles. The van der Waals surface area contributed by atoms with Gasteiger partial charge in [0.05, 0.1) is 17.3 Å². The van der Waals surface area contributed by atoms with Gasteiger partial charge in [0, 0.05) is 10.2 Å². The van der Waals surface area contributed by atoms with Crippen molar-refractivity contribution in [1.29, 1.82) is 0 Å². The number of hydrogen-bond donors (Lipinski definition) is 2. The molecular formula is C29H25Br2N3O4. The van der Waals surface area contributed by atoms with Crippen LogP contribution in [0.5, 0.6) is 11.5 Å². The van der Waals surface area contributed by atoms with Crippen LogP contribution < -0.4 is 20.2 Å². The Bertz CT molecular complexity index is 1520. The molecule has 0 aliphatic rings. The van der Waals surface area contributed by atoms with Crippen molar-refractivity contribution in [3.63, 3.8) is 0 Å². The molecule has 0 fully saturated rings. The second-order valence-corrected chi connectivity index (χ2v) is 10.1. The molecule has 0 aromatic heterocycles. The van der Waals surface area contributed by atoms with Crippen molar-refractivity contribution in [3.8, 4) is 11.5 Å². The van der Waals surface area contributed by atoms with Gasteiger partial charge in [0.2, 0.25) is 0 Å². The fourth-order valence-electron chi connectivity index (χ4n) is 3.80. The highest BCUT2D eigenvalue weighted by Gasteiger charge is 2.15. The summed E-state index contributed by atoms with van der Waals surface area (Å²) in [4.78, 5) is 24.5. The number of amides is 2. The van der Waals surface area contributed by atoms with Crippen molar-refractivity contribution in [2.45, 2.75) is 20.5 Å². The first kappa shape index (κ1) is 27.3. The standard InChI is InChI=1S/C29H25Br2N3O4/c1-3-37-26-15-19(16-32-34-29(36)28(35)33-25-12-11-22(30)13-18(25)2)14-24(31)27(26)38-17-21-9-6-8-20-7-4-5-10-23(20)21/h4-16H,3,17H2,1-2H3,(H,33,35)(H,34,36). The Hall–Kier alpha value is -3.69. The Morgan fingerprint density at radius 3 is 2.53 bits per heavy atom. The van der Waals surface area contributed by atoms with Crippen molar-refractivity contribution in [1.82, 2.24) is 5.43 Å². The molecule has 0 unspecified atom stereocenters. The first-order chi connectivity index (χ1) is 18.4. The number of hydrogen-bond acceptors (Lipinski definition) is 5. The molecule has 7 nitrogen and oxygen atoms in total. The van der Waals surface area contributed by atoms with E-state index in [0.29, 0.717) is 40.4 Å². The highest BCUT2D eigenvalue weighted by atomic mass is 79.9. The lowest BCUT2D eigenvalue weighted by Gasteiger charge is -2.15. The average molecular weight is 639 g/mol. The highest BCUT2D eigenvalue weighted by molar-refractivity contribution is 9.10. The van der Waals surface area contributed by atoms with Gasteiger partial charge in [-0.05, 0) is 87.6 Å². The second kappa shape index (κ2) is 12.7. The van der Waals surface area contributed by atoms with Gasteiger partial charge in [-0.3, -0.25) is 9.59 Å². The van der Waals surface area contributed by atoms with Crippen LogP contribution in [0.4, 0.5) is 5.69 Å². The number of carbonyl (C=O) groups excluding carboxylic acids is 2. The zero-order valence-corrected chi connectivity index (χ0v) is 23.9. The molecule has 0 saturated heterocycles. The van der Waals surface area contributed by atoms with Crippen LogP contribution in [0.15, 0.2) is 86.8 Å². The molecule has 194 valence electrons. The van der Waals surface area contributed by atoms with Crippen LogP contribution in [0.3, 0.4) is 0 Å². The number of benzene rings is 4. The van der Waals surface area contributed by atoms with Gasteiger partial charge in [0.1, 0.15) is 6.61 Å². The summed E-state index contributed by atoms with van der Waals surface area (Å²) in [6.07, 6.45) is 1.43. The summed E-state index contributed by atoms with van der Waals surface area (Å²) in [6, 6.07) is 23.2. The lowest BCUT2D eigenvalue weighted by Crippen LogP contribution is -2.32. The van der Waals surface area contributed by atoms with E-state index in [4.69, 9.17) is 9.47 Å². The molecule has 0 aliphatic carbocycles. The Morgan fingerprint density at radius 2 is 1.74 bits per heavy atom. The van der Waals surface area contributed by atoms with Gasteiger partial charge in [0.25, 0.3) is 0 Å². The first-order valence-electron chi connectivity index (χ1n) is 11.8. The van der Waals surface area contributed by atoms with E-state index in [1.54, 1.807) is 24.3 Å². The van der Waals surface area contributed by atoms with Crippen LogP contribution in [-0.2, 0) is 16.2 Å². The lowest BCUT2D eigenvalue weighted by molar-refractivity contribution is -0.136. The molecule has 9 heteroatoms. The molecule has 0 spiro atoms. The first-order valence-corrected chi connectivity index (χ1v) is 13.4. The fraction of sp³-hybridized carbons (Fsp3) is 0.138. The van der Waals surface area contributed by atoms with E-state index in [-0.39, 0.29) is 0 Å². The number of anilines is 1. The van der Waals surface area contributed by atoms with E-state index in [2.05, 4.69) is 65.9 Å². The Kier molecular flexibility index (Phi) is 9.15. The Morgan fingerprint density at radius 1 is 0.947 bits per heavy atom. The van der Waals surface area contributed by atoms with Gasteiger partial charge in [-0.2, -0.15) is 5.10 Å². The molecule has 2 N–H and O–H groups in total. The molecule has 0 atom stereocenters. The predicted octanol–water partition coefficient (Wildman–Crippen LogP) is 6.74. The summed E-state index contributed by atoms with van der Waals surface area (Å²) in [6.45, 7) is 4.51. The average Bonchev–Trinajstić information content (AvgIpc) is 2.90. The topological polar surface area (TPSA) is 89.0 Å². The normalized spacial score (nSPS) is 10.9. The van der Waals surface area contributed by atoms with Crippen LogP contribution in [0.25, 0.3) is 10.8 Å². The van der Waals surface area contributed by atoms with Crippen molar-refractivity contribution in [2.75, 3.05) is 11.9 Å². The maximum absolute atomic E-state index is 12.2. The minimum absolute atomic E-state index is 0.358. The van der Waals surface area contributed by atoms with E-state index in [1.807, 2.05) is 44.2 Å². The maximum Gasteiger partial charge on any atom is 0.329 e. The van der Waals surface area contributed by atoms with E-state index < -0.39 is 11.8 Å². The van der Waals surface area contributed by atoms with E-state index in [1.165, 1.54) is 6.21 Å². The number of fused-ring (bicyclic) bond motifs is 1. The number of nitrogens with zero attached hydrogens (tertiary/aromatic N) is 1. The van der Waals surface area contributed by atoms with Crippen molar-refractivity contribution >= 4 is 66.3 Å². The number of nitrogens with one attached hydrogen (secondary N) is 2. The quantitative estimate of drug-likeness (QED) is 0.127. The zero-order valence-electron chi connectivity index (χ0n) is 20.8. The zero-order chi connectivity index (χ0) is 27.1. The van der Waals surface area contributed by atoms with E-state index in [0.717, 1.165) is 26.4 Å². The molecule has 0 bridgehead atoms. The van der Waals surface area contributed by atoms with Gasteiger partial charge in [-0.25, -0.2) is 5.43 Å². The van der Waals surface area contributed by atoms with Crippen molar-refractivity contribution in [3.05, 3.63) is 98.4 Å². The second-order valence-electron chi connectivity index (χ2n) is 8.30. The molecule has 4 rings (SSSR count). The molecular weight excluding hydrogens is 614 g/mol. The smallest absolute Gasteiger partial charge is 0.329 e. The Labute approximate surface area is 237 Å². The number of ether oxygens (including phenoxy) is 2. The third-order valence-corrected chi connectivity index (χ3v) is 6.69. The van der Waals surface area contributed by atoms with Gasteiger partial charge >= 0.3 is 11.8 Å². The molecule has 0 radical (unpaired) electrons. The lowest BCUT2D eigenvalue weighted by atomic mass is 10.1. The van der Waals surface area contributed by atoms with Crippen LogP contribution >= 0.6 is 31.9 Å². The number of hydrazone groups is 1. The maximum atomic E-state index is 12.2. The van der Waals surface area contributed by atoms with Gasteiger partial charge in [-0.15, -0.1) is 0 Å². The molecule has 4 aromatic carbocycles. The molecule has 38 heavy (non-hydrogen) atoms. The number of aryl methyl sites for hydroxylation is 1. The van der Waals surface area contributed by atoms with Crippen LogP contribution in [0, 0.1) is 6.92 Å².